The lowest BCUT2D eigenvalue weighted by molar-refractivity contribution is -0.169. The number of fused-ring (bicyclic) bond motifs is 2. The Morgan fingerprint density at radius 2 is 1.90 bits per heavy atom. The van der Waals surface area contributed by atoms with Gasteiger partial charge in [-0.15, -0.1) is 0 Å². The number of hydrogen-bond donors (Lipinski definition) is 1. The van der Waals surface area contributed by atoms with Gasteiger partial charge in [0.15, 0.2) is 0 Å². The zero-order valence-corrected chi connectivity index (χ0v) is 18.7. The summed E-state index contributed by atoms with van der Waals surface area (Å²) in [6.07, 6.45) is 10.4. The number of hydroxylamine groups is 2. The molecule has 0 saturated carbocycles. The Bertz CT molecular complexity index is 689. The van der Waals surface area contributed by atoms with Crippen LogP contribution < -0.4 is 0 Å². The number of nitrogens with zero attached hydrogens (tertiary/aromatic N) is 1. The minimum Gasteiger partial charge on any atom is -0.374 e. The van der Waals surface area contributed by atoms with Gasteiger partial charge in [0.1, 0.15) is 0 Å². The largest absolute Gasteiger partial charge is 0.374 e. The van der Waals surface area contributed by atoms with Gasteiger partial charge in [0.25, 0.3) is 5.91 Å². The second-order valence-corrected chi connectivity index (χ2v) is 10.1. The molecule has 2 heterocycles. The Hall–Kier alpha value is -1.30. The van der Waals surface area contributed by atoms with Gasteiger partial charge in [0, 0.05) is 18.2 Å². The van der Waals surface area contributed by atoms with Crippen molar-refractivity contribution in [3.8, 4) is 0 Å². The predicted molar refractivity (Wildman–Crippen MR) is 119 cm³/mol. The van der Waals surface area contributed by atoms with E-state index in [1.165, 1.54) is 31.2 Å². The molecule has 2 aliphatic heterocycles. The molecule has 4 atom stereocenters. The standard InChI is InChI=1S/C24H35NO3S/c1-24(2,23(26)25(3)27)15-9-5-8-12-19-20(22-14-13-21(19)28-22)17-29-16-18-10-6-4-7-11-18/h4-8,10-11,19-22,27H,9,12-17H2,1-3H3/t19-,20+,21-,22+/m1/s1. The molecule has 3 rings (SSSR count). The first-order valence-corrected chi connectivity index (χ1v) is 11.9. The molecule has 4 nitrogen and oxygen atoms in total. The number of carbonyl (C=O) groups excluding carboxylic acids is 1. The predicted octanol–water partition coefficient (Wildman–Crippen LogP) is 5.31. The van der Waals surface area contributed by atoms with Crippen LogP contribution in [0.3, 0.4) is 0 Å². The van der Waals surface area contributed by atoms with E-state index in [-0.39, 0.29) is 5.91 Å². The van der Waals surface area contributed by atoms with Gasteiger partial charge in [-0.1, -0.05) is 56.3 Å². The van der Waals surface area contributed by atoms with Crippen molar-refractivity contribution in [1.29, 1.82) is 0 Å². The molecule has 2 aliphatic rings. The van der Waals surface area contributed by atoms with E-state index in [2.05, 4.69) is 42.5 Å². The van der Waals surface area contributed by atoms with Crippen molar-refractivity contribution in [3.63, 3.8) is 0 Å². The van der Waals surface area contributed by atoms with Crippen molar-refractivity contribution in [2.75, 3.05) is 12.8 Å². The van der Waals surface area contributed by atoms with Gasteiger partial charge in [-0.3, -0.25) is 10.0 Å². The maximum Gasteiger partial charge on any atom is 0.251 e. The third-order valence-electron chi connectivity index (χ3n) is 6.40. The second kappa shape index (κ2) is 10.1. The lowest BCUT2D eigenvalue weighted by Gasteiger charge is -2.27. The number of rotatable bonds is 10. The van der Waals surface area contributed by atoms with Crippen molar-refractivity contribution in [3.05, 3.63) is 48.0 Å². The van der Waals surface area contributed by atoms with Crippen LogP contribution in [0.25, 0.3) is 0 Å². The van der Waals surface area contributed by atoms with Gasteiger partial charge in [0.05, 0.1) is 12.2 Å². The van der Waals surface area contributed by atoms with E-state index >= 15 is 0 Å². The normalized spacial score (nSPS) is 26.3. The summed E-state index contributed by atoms with van der Waals surface area (Å²) in [6.45, 7) is 3.78. The number of benzene rings is 1. The van der Waals surface area contributed by atoms with Crippen LogP contribution >= 0.6 is 11.8 Å². The molecule has 0 radical (unpaired) electrons. The van der Waals surface area contributed by atoms with E-state index < -0.39 is 5.41 Å². The third kappa shape index (κ3) is 5.87. The highest BCUT2D eigenvalue weighted by atomic mass is 32.2. The van der Waals surface area contributed by atoms with Crippen molar-refractivity contribution in [2.45, 2.75) is 63.9 Å². The Morgan fingerprint density at radius 1 is 1.21 bits per heavy atom. The van der Waals surface area contributed by atoms with Gasteiger partial charge in [-0.2, -0.15) is 11.8 Å². The Kier molecular flexibility index (Phi) is 7.83. The van der Waals surface area contributed by atoms with Crippen molar-refractivity contribution < 1.29 is 14.7 Å². The van der Waals surface area contributed by atoms with Gasteiger partial charge in [0.2, 0.25) is 0 Å². The fourth-order valence-electron chi connectivity index (χ4n) is 4.68. The van der Waals surface area contributed by atoms with Crippen LogP contribution in [0.2, 0.25) is 0 Å². The maximum absolute atomic E-state index is 12.0. The molecule has 2 fully saturated rings. The first-order chi connectivity index (χ1) is 13.9. The molecule has 1 N–H and O–H groups in total. The molecule has 5 heteroatoms. The number of thioether (sulfide) groups is 1. The minimum absolute atomic E-state index is 0.233. The molecule has 29 heavy (non-hydrogen) atoms. The molecule has 2 bridgehead atoms. The maximum atomic E-state index is 12.0. The van der Waals surface area contributed by atoms with E-state index in [1.807, 2.05) is 25.6 Å². The van der Waals surface area contributed by atoms with E-state index in [9.17, 15) is 10.0 Å². The van der Waals surface area contributed by atoms with Crippen LogP contribution in [-0.4, -0.2) is 41.2 Å². The number of hydrogen-bond acceptors (Lipinski definition) is 4. The lowest BCUT2D eigenvalue weighted by Crippen LogP contribution is -2.36. The molecule has 0 spiro atoms. The van der Waals surface area contributed by atoms with E-state index in [4.69, 9.17) is 4.74 Å². The van der Waals surface area contributed by atoms with Gasteiger partial charge in [-0.25, -0.2) is 5.06 Å². The highest BCUT2D eigenvalue weighted by molar-refractivity contribution is 7.98. The zero-order chi connectivity index (χ0) is 20.9. The lowest BCUT2D eigenvalue weighted by atomic mass is 9.78. The minimum atomic E-state index is -0.542. The fourth-order valence-corrected chi connectivity index (χ4v) is 5.96. The van der Waals surface area contributed by atoms with E-state index in [0.717, 1.165) is 25.0 Å². The van der Waals surface area contributed by atoms with Gasteiger partial charge >= 0.3 is 0 Å². The van der Waals surface area contributed by atoms with Crippen molar-refractivity contribution >= 4 is 17.7 Å². The van der Waals surface area contributed by atoms with Gasteiger partial charge < -0.3 is 4.74 Å². The second-order valence-electron chi connectivity index (χ2n) is 9.08. The summed E-state index contributed by atoms with van der Waals surface area (Å²) < 4.78 is 6.24. The molecule has 2 saturated heterocycles. The number of allylic oxidation sites excluding steroid dienone is 2. The molecule has 1 amide bonds. The number of carbonyl (C=O) groups is 1. The summed E-state index contributed by atoms with van der Waals surface area (Å²) in [5.74, 6) is 3.26. The molecule has 1 aromatic carbocycles. The Morgan fingerprint density at radius 3 is 2.59 bits per heavy atom. The average molecular weight is 418 g/mol. The smallest absolute Gasteiger partial charge is 0.251 e. The topological polar surface area (TPSA) is 49.8 Å². The third-order valence-corrected chi connectivity index (χ3v) is 7.55. The average Bonchev–Trinajstić information content (AvgIpc) is 3.30. The van der Waals surface area contributed by atoms with Crippen LogP contribution in [0.5, 0.6) is 0 Å². The van der Waals surface area contributed by atoms with Crippen molar-refractivity contribution in [2.24, 2.45) is 17.3 Å². The number of amides is 1. The summed E-state index contributed by atoms with van der Waals surface area (Å²) in [5.41, 5.74) is 0.851. The molecular formula is C24H35NO3S. The van der Waals surface area contributed by atoms with Crippen LogP contribution in [0.4, 0.5) is 0 Å². The Labute approximate surface area is 179 Å². The SMILES string of the molecule is CN(O)C(=O)C(C)(C)CCC=CC[C@@H]1[C@H](CSCc2ccccc2)[C@@H]2CC[C@H]1O2. The van der Waals surface area contributed by atoms with Gasteiger partial charge in [-0.05, 0) is 55.3 Å². The highest BCUT2D eigenvalue weighted by Gasteiger charge is 2.47. The molecule has 0 unspecified atom stereocenters. The molecular weight excluding hydrogens is 382 g/mol. The van der Waals surface area contributed by atoms with Crippen LogP contribution in [-0.2, 0) is 15.3 Å². The molecule has 0 aromatic heterocycles. The summed E-state index contributed by atoms with van der Waals surface area (Å²) in [4.78, 5) is 12.0. The van der Waals surface area contributed by atoms with E-state index in [0.29, 0.717) is 29.1 Å². The van der Waals surface area contributed by atoms with Crippen LogP contribution in [0.15, 0.2) is 42.5 Å². The zero-order valence-electron chi connectivity index (χ0n) is 17.9. The summed E-state index contributed by atoms with van der Waals surface area (Å²) in [5, 5.41) is 10.1. The molecule has 160 valence electrons. The highest BCUT2D eigenvalue weighted by Crippen LogP contribution is 2.46. The summed E-state index contributed by atoms with van der Waals surface area (Å²) in [7, 11) is 1.39. The first kappa shape index (κ1) is 22.4. The van der Waals surface area contributed by atoms with Crippen LogP contribution in [0, 0.1) is 17.3 Å². The van der Waals surface area contributed by atoms with Crippen molar-refractivity contribution in [1.82, 2.24) is 5.06 Å². The van der Waals surface area contributed by atoms with E-state index in [1.54, 1.807) is 0 Å². The number of ether oxygens (including phenoxy) is 1. The first-order valence-electron chi connectivity index (χ1n) is 10.8. The molecule has 0 aliphatic carbocycles. The summed E-state index contributed by atoms with van der Waals surface area (Å²) in [6, 6.07) is 10.7. The quantitative estimate of drug-likeness (QED) is 0.318. The Balaban J connectivity index is 1.45. The summed E-state index contributed by atoms with van der Waals surface area (Å²) >= 11 is 2.03. The molecule has 1 aromatic rings. The van der Waals surface area contributed by atoms with Crippen LogP contribution in [0.1, 0.15) is 51.5 Å². The fraction of sp³-hybridized carbons (Fsp3) is 0.625. The monoisotopic (exact) mass is 417 g/mol.